The van der Waals surface area contributed by atoms with Crippen LogP contribution in [0.1, 0.15) is 193 Å². The Labute approximate surface area is 237 Å². The number of alkyl halides is 1. The lowest BCUT2D eigenvalue weighted by Crippen LogP contribution is -1.88. The average molecular weight is 565 g/mol. The lowest BCUT2D eigenvalue weighted by molar-refractivity contribution is 0.370. The van der Waals surface area contributed by atoms with Crippen molar-refractivity contribution in [3.63, 3.8) is 0 Å². The molecule has 0 radical (unpaired) electrons. The molecule has 0 aliphatic carbocycles. The lowest BCUT2D eigenvalue weighted by atomic mass is 10.0. The minimum Gasteiger partial charge on any atom is -0.324 e. The molecular weight excluding hydrogens is 499 g/mol. The van der Waals surface area contributed by atoms with Crippen LogP contribution in [-0.2, 0) is 4.57 Å². The third-order valence-corrected chi connectivity index (χ3v) is 9.00. The third-order valence-electron chi connectivity index (χ3n) is 7.83. The van der Waals surface area contributed by atoms with E-state index in [4.69, 9.17) is 21.4 Å². The number of unbranched alkanes of at least 4 members (excludes halogenated alkanes) is 29. The molecule has 0 fully saturated rings. The predicted octanol–water partition coefficient (Wildman–Crippen LogP) is 12.1. The van der Waals surface area contributed by atoms with Gasteiger partial charge in [0.15, 0.2) is 0 Å². The van der Waals surface area contributed by atoms with Crippen molar-refractivity contribution in [2.45, 2.75) is 193 Å². The predicted molar refractivity (Wildman–Crippen MR) is 166 cm³/mol. The zero-order chi connectivity index (χ0) is 27.1. The van der Waals surface area contributed by atoms with Gasteiger partial charge in [-0.05, 0) is 12.8 Å². The summed E-state index contributed by atoms with van der Waals surface area (Å²) in [6.45, 7) is 0. The van der Waals surface area contributed by atoms with Crippen LogP contribution in [-0.4, -0.2) is 21.8 Å². The van der Waals surface area contributed by atoms with E-state index in [9.17, 15) is 4.57 Å². The van der Waals surface area contributed by atoms with Crippen LogP contribution in [0.3, 0.4) is 0 Å². The summed E-state index contributed by atoms with van der Waals surface area (Å²) in [4.78, 5) is 17.7. The molecule has 0 aliphatic heterocycles. The van der Waals surface area contributed by atoms with Gasteiger partial charge in [0.2, 0.25) is 0 Å². The van der Waals surface area contributed by atoms with Crippen LogP contribution in [0, 0.1) is 0 Å². The topological polar surface area (TPSA) is 57.5 Å². The summed E-state index contributed by atoms with van der Waals surface area (Å²) in [5.41, 5.74) is 0. The molecule has 0 unspecified atom stereocenters. The van der Waals surface area contributed by atoms with Crippen molar-refractivity contribution in [2.75, 3.05) is 12.0 Å². The molecular formula is C32H66ClO3P. The highest BCUT2D eigenvalue weighted by atomic mass is 35.5. The van der Waals surface area contributed by atoms with E-state index in [-0.39, 0.29) is 6.16 Å². The third kappa shape index (κ3) is 36.4. The molecule has 0 aliphatic rings. The Balaban J connectivity index is 3.04. The summed E-state index contributed by atoms with van der Waals surface area (Å²) >= 11 is 5.71. The molecule has 0 aromatic heterocycles. The first-order chi connectivity index (χ1) is 18.1. The average Bonchev–Trinajstić information content (AvgIpc) is 2.86. The summed E-state index contributed by atoms with van der Waals surface area (Å²) in [5.74, 6) is 0.835. The second-order valence-corrected chi connectivity index (χ2v) is 13.8. The van der Waals surface area contributed by atoms with E-state index >= 15 is 0 Å². The zero-order valence-corrected chi connectivity index (χ0v) is 26.4. The first-order valence-electron chi connectivity index (χ1n) is 16.7. The Morgan fingerprint density at radius 2 is 0.486 bits per heavy atom. The Morgan fingerprint density at radius 1 is 0.324 bits per heavy atom. The monoisotopic (exact) mass is 564 g/mol. The van der Waals surface area contributed by atoms with E-state index in [0.717, 1.165) is 18.7 Å². The number of halogens is 1. The Hall–Kier alpha value is 0.440. The standard InChI is InChI=1S/C32H66ClO3P/c33-31-29-27-25-23-21-19-17-15-13-11-9-7-5-3-1-2-4-6-8-10-12-14-16-18-20-22-24-26-28-30-32-37(34,35)36/h1-32H2,(H2,34,35,36). The van der Waals surface area contributed by atoms with E-state index in [2.05, 4.69) is 0 Å². The molecule has 0 aromatic rings. The van der Waals surface area contributed by atoms with Crippen molar-refractivity contribution in [3.8, 4) is 0 Å². The SMILES string of the molecule is O=P(O)(O)CCCCCCCCCCCCCCCCCCCCCCCCCCCCCCCCCl. The van der Waals surface area contributed by atoms with Crippen LogP contribution in [0.2, 0.25) is 0 Å². The highest BCUT2D eigenvalue weighted by Crippen LogP contribution is 2.35. The molecule has 3 nitrogen and oxygen atoms in total. The molecule has 0 aromatic carbocycles. The summed E-state index contributed by atoms with van der Waals surface area (Å²) in [6.07, 6.45) is 40.7. The Bertz CT molecular complexity index is 469. The van der Waals surface area contributed by atoms with Crippen LogP contribution in [0.25, 0.3) is 0 Å². The number of hydrogen-bond donors (Lipinski definition) is 2. The molecule has 224 valence electrons. The van der Waals surface area contributed by atoms with E-state index in [1.165, 1.54) is 173 Å². The van der Waals surface area contributed by atoms with Gasteiger partial charge in [0.25, 0.3) is 0 Å². The maximum Gasteiger partial charge on any atom is 0.325 e. The highest BCUT2D eigenvalue weighted by molar-refractivity contribution is 7.51. The van der Waals surface area contributed by atoms with Crippen LogP contribution in [0.4, 0.5) is 0 Å². The Kier molecular flexibility index (Phi) is 31.3. The first kappa shape index (κ1) is 37.4. The van der Waals surface area contributed by atoms with Gasteiger partial charge in [-0.3, -0.25) is 4.57 Å². The van der Waals surface area contributed by atoms with Crippen LogP contribution < -0.4 is 0 Å². The fourth-order valence-electron chi connectivity index (χ4n) is 5.36. The van der Waals surface area contributed by atoms with Gasteiger partial charge in [0.05, 0.1) is 0 Å². The largest absolute Gasteiger partial charge is 0.325 e. The molecule has 0 rings (SSSR count). The van der Waals surface area contributed by atoms with E-state index in [1.54, 1.807) is 0 Å². The quantitative estimate of drug-likeness (QED) is 0.0485. The normalized spacial score (nSPS) is 12.0. The van der Waals surface area contributed by atoms with Gasteiger partial charge in [-0.2, -0.15) is 0 Å². The Morgan fingerprint density at radius 3 is 0.649 bits per heavy atom. The van der Waals surface area contributed by atoms with Gasteiger partial charge >= 0.3 is 7.60 Å². The smallest absolute Gasteiger partial charge is 0.324 e. The fourth-order valence-corrected chi connectivity index (χ4v) is 6.19. The van der Waals surface area contributed by atoms with Gasteiger partial charge in [0.1, 0.15) is 0 Å². The molecule has 0 amide bonds. The first-order valence-corrected chi connectivity index (χ1v) is 19.0. The zero-order valence-electron chi connectivity index (χ0n) is 24.8. The van der Waals surface area contributed by atoms with Gasteiger partial charge in [-0.15, -0.1) is 11.6 Å². The molecule has 5 heteroatoms. The summed E-state index contributed by atoms with van der Waals surface area (Å²) in [7, 11) is -3.77. The maximum absolute atomic E-state index is 10.8. The minimum absolute atomic E-state index is 0.0601. The van der Waals surface area contributed by atoms with Crippen molar-refractivity contribution < 1.29 is 14.4 Å². The van der Waals surface area contributed by atoms with Gasteiger partial charge in [-0.1, -0.05) is 180 Å². The van der Waals surface area contributed by atoms with Crippen molar-refractivity contribution in [1.82, 2.24) is 0 Å². The van der Waals surface area contributed by atoms with Gasteiger partial charge in [0, 0.05) is 12.0 Å². The van der Waals surface area contributed by atoms with Crippen molar-refractivity contribution in [3.05, 3.63) is 0 Å². The summed E-state index contributed by atoms with van der Waals surface area (Å²) in [5, 5.41) is 0. The van der Waals surface area contributed by atoms with E-state index in [1.807, 2.05) is 0 Å². The molecule has 37 heavy (non-hydrogen) atoms. The molecule has 2 N–H and O–H groups in total. The van der Waals surface area contributed by atoms with Crippen LogP contribution >= 0.6 is 19.2 Å². The van der Waals surface area contributed by atoms with Gasteiger partial charge < -0.3 is 9.79 Å². The second-order valence-electron chi connectivity index (χ2n) is 11.7. The van der Waals surface area contributed by atoms with E-state index < -0.39 is 7.60 Å². The van der Waals surface area contributed by atoms with Crippen molar-refractivity contribution in [1.29, 1.82) is 0 Å². The molecule has 0 bridgehead atoms. The second kappa shape index (κ2) is 31.0. The van der Waals surface area contributed by atoms with Gasteiger partial charge in [-0.25, -0.2) is 0 Å². The van der Waals surface area contributed by atoms with Crippen molar-refractivity contribution in [2.24, 2.45) is 0 Å². The van der Waals surface area contributed by atoms with Crippen molar-refractivity contribution >= 4 is 19.2 Å². The summed E-state index contributed by atoms with van der Waals surface area (Å²) < 4.78 is 10.8. The van der Waals surface area contributed by atoms with Crippen LogP contribution in [0.15, 0.2) is 0 Å². The molecule has 0 atom stereocenters. The maximum atomic E-state index is 10.8. The fraction of sp³-hybridized carbons (Fsp3) is 1.00. The minimum atomic E-state index is -3.77. The van der Waals surface area contributed by atoms with E-state index in [0.29, 0.717) is 6.42 Å². The number of rotatable bonds is 32. The summed E-state index contributed by atoms with van der Waals surface area (Å²) in [6, 6.07) is 0. The molecule has 0 saturated carbocycles. The van der Waals surface area contributed by atoms with Crippen LogP contribution in [0.5, 0.6) is 0 Å². The molecule has 0 saturated heterocycles. The number of hydrogen-bond acceptors (Lipinski definition) is 1. The lowest BCUT2D eigenvalue weighted by Gasteiger charge is -2.05. The molecule has 0 heterocycles. The highest BCUT2D eigenvalue weighted by Gasteiger charge is 2.10. The molecule has 0 spiro atoms.